The number of aromatic nitrogens is 2. The van der Waals surface area contributed by atoms with E-state index >= 15 is 0 Å². The number of rotatable bonds is 8. The van der Waals surface area contributed by atoms with Crippen LogP contribution >= 0.6 is 22.9 Å². The van der Waals surface area contributed by atoms with Crippen LogP contribution < -0.4 is 14.8 Å². The minimum atomic E-state index is -0.0112. The molecule has 0 bridgehead atoms. The normalized spacial score (nSPS) is 12.2. The van der Waals surface area contributed by atoms with Gasteiger partial charge in [0, 0.05) is 22.9 Å². The summed E-state index contributed by atoms with van der Waals surface area (Å²) in [6, 6.07) is 14.2. The van der Waals surface area contributed by atoms with E-state index in [1.807, 2.05) is 25.1 Å². The van der Waals surface area contributed by atoms with Crippen LogP contribution in [0.15, 0.2) is 42.5 Å². The maximum absolute atomic E-state index is 6.74. The molecule has 0 aliphatic carbocycles. The lowest BCUT2D eigenvalue weighted by molar-refractivity contribution is 0.356. The molecule has 1 unspecified atom stereocenters. The van der Waals surface area contributed by atoms with E-state index in [2.05, 4.69) is 65.5 Å². The van der Waals surface area contributed by atoms with E-state index in [1.54, 1.807) is 25.6 Å². The molecule has 0 aliphatic rings. The van der Waals surface area contributed by atoms with Crippen molar-refractivity contribution < 1.29 is 9.47 Å². The van der Waals surface area contributed by atoms with Crippen LogP contribution in [0.5, 0.6) is 11.5 Å². The maximum atomic E-state index is 6.74. The summed E-state index contributed by atoms with van der Waals surface area (Å²) >= 11 is 8.44. The fraction of sp³-hybridized carbons (Fsp3) is 0.308. The van der Waals surface area contributed by atoms with Gasteiger partial charge in [0.2, 0.25) is 0 Å². The Labute approximate surface area is 209 Å². The summed E-state index contributed by atoms with van der Waals surface area (Å²) in [5.41, 5.74) is 3.22. The molecule has 0 aliphatic heterocycles. The number of thiophene rings is 1. The Morgan fingerprint density at radius 3 is 2.47 bits per heavy atom. The topological polar surface area (TPSA) is 59.5 Å². The standard InChI is InChI=1S/C26H29ClN4O2S/c1-15(24-12-20(27)25(34-24)18-10-8-7-9-17(18)14-31(3)4)28-26-19-11-22(32-5)23(33-6)13-21(19)29-16(2)30-26/h7-13,15H,14H2,1-6H3,(H,28,29,30). The number of aryl methyl sites for hydroxylation is 1. The number of hydrogen-bond acceptors (Lipinski definition) is 7. The summed E-state index contributed by atoms with van der Waals surface area (Å²) in [4.78, 5) is 13.6. The van der Waals surface area contributed by atoms with Crippen molar-refractivity contribution in [3.63, 3.8) is 0 Å². The Morgan fingerprint density at radius 2 is 1.76 bits per heavy atom. The van der Waals surface area contributed by atoms with Crippen LogP contribution in [-0.2, 0) is 6.54 Å². The van der Waals surface area contributed by atoms with Crippen LogP contribution in [0.4, 0.5) is 5.82 Å². The van der Waals surface area contributed by atoms with Crippen molar-refractivity contribution >= 4 is 39.7 Å². The van der Waals surface area contributed by atoms with Gasteiger partial charge in [-0.2, -0.15) is 0 Å². The second-order valence-electron chi connectivity index (χ2n) is 8.43. The van der Waals surface area contributed by atoms with Gasteiger partial charge in [0.1, 0.15) is 11.6 Å². The molecule has 0 spiro atoms. The fourth-order valence-corrected chi connectivity index (χ4v) is 5.48. The second-order valence-corrected chi connectivity index (χ2v) is 9.92. The minimum absolute atomic E-state index is 0.0112. The zero-order valence-corrected chi connectivity index (χ0v) is 21.8. The number of nitrogens with zero attached hydrogens (tertiary/aromatic N) is 3. The van der Waals surface area contributed by atoms with Gasteiger partial charge in [0.05, 0.1) is 35.7 Å². The first-order valence-corrected chi connectivity index (χ1v) is 12.2. The molecule has 34 heavy (non-hydrogen) atoms. The minimum Gasteiger partial charge on any atom is -0.493 e. The van der Waals surface area contributed by atoms with Crippen LogP contribution in [0, 0.1) is 6.92 Å². The molecule has 0 amide bonds. The van der Waals surface area contributed by atoms with Gasteiger partial charge in [-0.25, -0.2) is 9.97 Å². The van der Waals surface area contributed by atoms with E-state index in [-0.39, 0.29) is 6.04 Å². The molecule has 1 atom stereocenters. The molecule has 0 saturated heterocycles. The van der Waals surface area contributed by atoms with Crippen molar-refractivity contribution in [2.45, 2.75) is 26.4 Å². The summed E-state index contributed by atoms with van der Waals surface area (Å²) in [6.07, 6.45) is 0. The third-order valence-electron chi connectivity index (χ3n) is 5.55. The van der Waals surface area contributed by atoms with Gasteiger partial charge in [-0.1, -0.05) is 35.9 Å². The van der Waals surface area contributed by atoms with Crippen molar-refractivity contribution in [2.24, 2.45) is 0 Å². The zero-order valence-electron chi connectivity index (χ0n) is 20.3. The molecule has 0 saturated carbocycles. The highest BCUT2D eigenvalue weighted by Crippen LogP contribution is 2.41. The van der Waals surface area contributed by atoms with Gasteiger partial charge >= 0.3 is 0 Å². The monoisotopic (exact) mass is 496 g/mol. The predicted octanol–water partition coefficient (Wildman–Crippen LogP) is 6.57. The van der Waals surface area contributed by atoms with Crippen LogP contribution in [0.2, 0.25) is 5.02 Å². The molecule has 0 fully saturated rings. The summed E-state index contributed by atoms with van der Waals surface area (Å²) < 4.78 is 10.9. The highest BCUT2D eigenvalue weighted by Gasteiger charge is 2.19. The van der Waals surface area contributed by atoms with Crippen molar-refractivity contribution in [2.75, 3.05) is 33.6 Å². The van der Waals surface area contributed by atoms with Crippen LogP contribution in [0.25, 0.3) is 21.3 Å². The number of methoxy groups -OCH3 is 2. The fourth-order valence-electron chi connectivity index (χ4n) is 3.96. The highest BCUT2D eigenvalue weighted by atomic mass is 35.5. The molecule has 1 N–H and O–H groups in total. The highest BCUT2D eigenvalue weighted by molar-refractivity contribution is 7.16. The number of benzene rings is 2. The number of hydrogen-bond donors (Lipinski definition) is 1. The van der Waals surface area contributed by atoms with Crippen molar-refractivity contribution in [1.82, 2.24) is 14.9 Å². The summed E-state index contributed by atoms with van der Waals surface area (Å²) in [7, 11) is 7.39. The van der Waals surface area contributed by atoms with E-state index in [0.717, 1.165) is 38.0 Å². The van der Waals surface area contributed by atoms with E-state index in [4.69, 9.17) is 21.1 Å². The Balaban J connectivity index is 1.69. The van der Waals surface area contributed by atoms with Crippen LogP contribution in [0.3, 0.4) is 0 Å². The number of anilines is 1. The molecule has 4 aromatic rings. The second kappa shape index (κ2) is 10.2. The Hall–Kier alpha value is -2.87. The molecule has 6 nitrogen and oxygen atoms in total. The molecular formula is C26H29ClN4O2S. The van der Waals surface area contributed by atoms with E-state index in [1.165, 1.54) is 11.1 Å². The van der Waals surface area contributed by atoms with Crippen molar-refractivity contribution in [3.05, 3.63) is 63.8 Å². The van der Waals surface area contributed by atoms with Crippen LogP contribution in [-0.4, -0.2) is 43.2 Å². The Morgan fingerprint density at radius 1 is 1.06 bits per heavy atom. The number of nitrogens with one attached hydrogen (secondary N) is 1. The smallest absolute Gasteiger partial charge is 0.162 e. The van der Waals surface area contributed by atoms with E-state index < -0.39 is 0 Å². The Bertz CT molecular complexity index is 1320. The number of ether oxygens (including phenoxy) is 2. The SMILES string of the molecule is COc1cc2nc(C)nc(NC(C)c3cc(Cl)c(-c4ccccc4CN(C)C)s3)c2cc1OC. The lowest BCUT2D eigenvalue weighted by atomic mass is 10.1. The first-order chi connectivity index (χ1) is 16.3. The summed E-state index contributed by atoms with van der Waals surface area (Å²) in [5.74, 6) is 2.70. The third-order valence-corrected chi connectivity index (χ3v) is 7.31. The predicted molar refractivity (Wildman–Crippen MR) is 142 cm³/mol. The van der Waals surface area contributed by atoms with Gasteiger partial charge in [-0.3, -0.25) is 0 Å². The zero-order chi connectivity index (χ0) is 24.4. The van der Waals surface area contributed by atoms with Crippen molar-refractivity contribution in [1.29, 1.82) is 0 Å². The van der Waals surface area contributed by atoms with Crippen molar-refractivity contribution in [3.8, 4) is 21.9 Å². The molecule has 2 heterocycles. The molecule has 2 aromatic heterocycles. The van der Waals surface area contributed by atoms with Crippen LogP contribution in [0.1, 0.15) is 29.2 Å². The number of halogens is 1. The quantitative estimate of drug-likeness (QED) is 0.297. The maximum Gasteiger partial charge on any atom is 0.162 e. The summed E-state index contributed by atoms with van der Waals surface area (Å²) in [5, 5.41) is 5.19. The molecule has 2 aromatic carbocycles. The number of fused-ring (bicyclic) bond motifs is 1. The van der Waals surface area contributed by atoms with Gasteiger partial charge < -0.3 is 19.7 Å². The van der Waals surface area contributed by atoms with Gasteiger partial charge in [-0.15, -0.1) is 11.3 Å². The van der Waals surface area contributed by atoms with E-state index in [9.17, 15) is 0 Å². The molecule has 8 heteroatoms. The lowest BCUT2D eigenvalue weighted by Gasteiger charge is -2.17. The molecule has 178 valence electrons. The third kappa shape index (κ3) is 4.97. The van der Waals surface area contributed by atoms with Gasteiger partial charge in [0.15, 0.2) is 11.5 Å². The first-order valence-electron chi connectivity index (χ1n) is 11.0. The van der Waals surface area contributed by atoms with E-state index in [0.29, 0.717) is 17.3 Å². The summed E-state index contributed by atoms with van der Waals surface area (Å²) in [6.45, 7) is 4.85. The molecular weight excluding hydrogens is 468 g/mol. The van der Waals surface area contributed by atoms with Gasteiger partial charge in [-0.05, 0) is 51.2 Å². The first kappa shape index (κ1) is 24.3. The lowest BCUT2D eigenvalue weighted by Crippen LogP contribution is -2.11. The molecule has 0 radical (unpaired) electrons. The average molecular weight is 497 g/mol. The largest absolute Gasteiger partial charge is 0.493 e. The average Bonchev–Trinajstić information content (AvgIpc) is 3.19. The van der Waals surface area contributed by atoms with Gasteiger partial charge in [0.25, 0.3) is 0 Å². The molecule has 4 rings (SSSR count). The Kier molecular flexibility index (Phi) is 7.26.